The Labute approximate surface area is 120 Å². The van der Waals surface area contributed by atoms with Crippen molar-refractivity contribution in [1.29, 1.82) is 0 Å². The van der Waals surface area contributed by atoms with E-state index in [2.05, 4.69) is 21.2 Å². The zero-order valence-electron chi connectivity index (χ0n) is 10.8. The molecule has 0 fully saturated rings. The van der Waals surface area contributed by atoms with Crippen LogP contribution in [0.5, 0.6) is 11.5 Å². The predicted octanol–water partition coefficient (Wildman–Crippen LogP) is 4.66. The summed E-state index contributed by atoms with van der Waals surface area (Å²) < 4.78 is 19.7. The van der Waals surface area contributed by atoms with Crippen molar-refractivity contribution < 1.29 is 9.13 Å². The van der Waals surface area contributed by atoms with Crippen LogP contribution in [-0.2, 0) is 0 Å². The third-order valence-electron chi connectivity index (χ3n) is 2.94. The lowest BCUT2D eigenvalue weighted by atomic mass is 10.1. The molecule has 0 radical (unpaired) electrons. The maximum Gasteiger partial charge on any atom is 0.141 e. The largest absolute Gasteiger partial charge is 0.457 e. The highest BCUT2D eigenvalue weighted by Crippen LogP contribution is 2.30. The molecule has 19 heavy (non-hydrogen) atoms. The maximum absolute atomic E-state index is 13.5. The average Bonchev–Trinajstić information content (AvgIpc) is 2.43. The zero-order valence-corrected chi connectivity index (χ0v) is 12.4. The monoisotopic (exact) mass is 323 g/mol. The van der Waals surface area contributed by atoms with Gasteiger partial charge in [0.1, 0.15) is 17.3 Å². The Kier molecular flexibility index (Phi) is 4.56. The lowest BCUT2D eigenvalue weighted by Gasteiger charge is -2.16. The number of ether oxygens (including phenoxy) is 1. The van der Waals surface area contributed by atoms with E-state index in [9.17, 15) is 4.39 Å². The Hall–Kier alpha value is -1.39. The van der Waals surface area contributed by atoms with E-state index < -0.39 is 0 Å². The van der Waals surface area contributed by atoms with Crippen LogP contribution in [0, 0.1) is 5.82 Å². The van der Waals surface area contributed by atoms with Crippen molar-refractivity contribution in [3.05, 3.63) is 58.3 Å². The Morgan fingerprint density at radius 3 is 2.63 bits per heavy atom. The highest BCUT2D eigenvalue weighted by Gasteiger charge is 2.10. The minimum atomic E-state index is -0.336. The topological polar surface area (TPSA) is 21.3 Å². The molecule has 0 bridgehead atoms. The molecule has 0 spiro atoms. The second-order valence-corrected chi connectivity index (χ2v) is 5.08. The van der Waals surface area contributed by atoms with Gasteiger partial charge in [-0.3, -0.25) is 0 Å². The fourth-order valence-corrected chi connectivity index (χ4v) is 2.00. The van der Waals surface area contributed by atoms with Gasteiger partial charge in [0, 0.05) is 17.7 Å². The minimum Gasteiger partial charge on any atom is -0.457 e. The lowest BCUT2D eigenvalue weighted by molar-refractivity contribution is 0.461. The first-order chi connectivity index (χ1) is 9.11. The molecule has 0 amide bonds. The molecule has 0 aliphatic rings. The number of hydrogen-bond acceptors (Lipinski definition) is 2. The zero-order chi connectivity index (χ0) is 13.8. The van der Waals surface area contributed by atoms with Crippen LogP contribution in [-0.4, -0.2) is 7.05 Å². The molecule has 1 unspecified atom stereocenters. The molecule has 2 aromatic carbocycles. The van der Waals surface area contributed by atoms with Gasteiger partial charge >= 0.3 is 0 Å². The van der Waals surface area contributed by atoms with Gasteiger partial charge in [0.25, 0.3) is 0 Å². The molecule has 0 saturated heterocycles. The molecule has 2 nitrogen and oxygen atoms in total. The van der Waals surface area contributed by atoms with Crippen molar-refractivity contribution in [2.45, 2.75) is 13.0 Å². The van der Waals surface area contributed by atoms with Crippen molar-refractivity contribution >= 4 is 15.9 Å². The first kappa shape index (κ1) is 14.0. The van der Waals surface area contributed by atoms with Crippen LogP contribution in [0.15, 0.2) is 46.9 Å². The Balaban J connectivity index is 2.30. The van der Waals surface area contributed by atoms with Gasteiger partial charge in [-0.05, 0) is 48.1 Å². The van der Waals surface area contributed by atoms with Crippen molar-refractivity contribution in [2.75, 3.05) is 7.05 Å². The van der Waals surface area contributed by atoms with Crippen molar-refractivity contribution in [1.82, 2.24) is 5.32 Å². The molecule has 0 aliphatic carbocycles. The van der Waals surface area contributed by atoms with Gasteiger partial charge in [0.05, 0.1) is 4.47 Å². The Morgan fingerprint density at radius 2 is 1.95 bits per heavy atom. The molecule has 0 heterocycles. The fourth-order valence-electron chi connectivity index (χ4n) is 1.75. The summed E-state index contributed by atoms with van der Waals surface area (Å²) in [6, 6.07) is 12.6. The van der Waals surface area contributed by atoms with E-state index in [0.29, 0.717) is 10.2 Å². The summed E-state index contributed by atoms with van der Waals surface area (Å²) in [5.74, 6) is 0.874. The van der Waals surface area contributed by atoms with Crippen molar-refractivity contribution in [2.24, 2.45) is 0 Å². The minimum absolute atomic E-state index is 0.163. The van der Waals surface area contributed by atoms with E-state index in [-0.39, 0.29) is 11.9 Å². The summed E-state index contributed by atoms with van der Waals surface area (Å²) in [5.41, 5.74) is 1.04. The van der Waals surface area contributed by atoms with Crippen LogP contribution in [0.3, 0.4) is 0 Å². The molecule has 0 aromatic heterocycles. The summed E-state index contributed by atoms with van der Waals surface area (Å²) in [6.07, 6.45) is 0. The third kappa shape index (κ3) is 3.33. The SMILES string of the molecule is CNC(C)c1ccccc1Oc1ccc(Br)c(F)c1. The highest BCUT2D eigenvalue weighted by molar-refractivity contribution is 9.10. The van der Waals surface area contributed by atoms with Gasteiger partial charge < -0.3 is 10.1 Å². The predicted molar refractivity (Wildman–Crippen MR) is 78.1 cm³/mol. The maximum atomic E-state index is 13.5. The van der Waals surface area contributed by atoms with E-state index in [4.69, 9.17) is 4.74 Å². The van der Waals surface area contributed by atoms with Crippen LogP contribution < -0.4 is 10.1 Å². The molecular formula is C15H15BrFNO. The standard InChI is InChI=1S/C15H15BrFNO/c1-10(18-2)12-5-3-4-6-15(12)19-11-7-8-13(16)14(17)9-11/h3-10,18H,1-2H3. The highest BCUT2D eigenvalue weighted by atomic mass is 79.9. The molecule has 0 saturated carbocycles. The summed E-state index contributed by atoms with van der Waals surface area (Å²) in [4.78, 5) is 0. The molecule has 1 atom stereocenters. The quantitative estimate of drug-likeness (QED) is 0.883. The van der Waals surface area contributed by atoms with Gasteiger partial charge in [-0.25, -0.2) is 4.39 Å². The van der Waals surface area contributed by atoms with Gasteiger partial charge in [0.15, 0.2) is 0 Å². The van der Waals surface area contributed by atoms with E-state index in [1.807, 2.05) is 38.2 Å². The van der Waals surface area contributed by atoms with Crippen LogP contribution in [0.1, 0.15) is 18.5 Å². The van der Waals surface area contributed by atoms with E-state index in [1.165, 1.54) is 6.07 Å². The van der Waals surface area contributed by atoms with E-state index >= 15 is 0 Å². The molecule has 1 N–H and O–H groups in total. The van der Waals surface area contributed by atoms with Gasteiger partial charge in [-0.15, -0.1) is 0 Å². The molecule has 2 rings (SSSR count). The lowest BCUT2D eigenvalue weighted by Crippen LogP contribution is -2.13. The van der Waals surface area contributed by atoms with Crippen LogP contribution >= 0.6 is 15.9 Å². The Morgan fingerprint density at radius 1 is 1.21 bits per heavy atom. The van der Waals surface area contributed by atoms with Gasteiger partial charge in [-0.2, -0.15) is 0 Å². The van der Waals surface area contributed by atoms with Gasteiger partial charge in [0.2, 0.25) is 0 Å². The van der Waals surface area contributed by atoms with Crippen LogP contribution in [0.2, 0.25) is 0 Å². The molecular weight excluding hydrogens is 309 g/mol. The van der Waals surface area contributed by atoms with Gasteiger partial charge in [-0.1, -0.05) is 18.2 Å². The number of hydrogen-bond donors (Lipinski definition) is 1. The Bertz CT molecular complexity index is 574. The number of benzene rings is 2. The first-order valence-electron chi connectivity index (χ1n) is 6.01. The molecule has 4 heteroatoms. The summed E-state index contributed by atoms with van der Waals surface area (Å²) in [5, 5.41) is 3.17. The smallest absolute Gasteiger partial charge is 0.141 e. The second kappa shape index (κ2) is 6.17. The summed E-state index contributed by atoms with van der Waals surface area (Å²) in [7, 11) is 1.89. The number of para-hydroxylation sites is 1. The first-order valence-corrected chi connectivity index (χ1v) is 6.80. The third-order valence-corrected chi connectivity index (χ3v) is 3.58. The molecule has 2 aromatic rings. The normalized spacial score (nSPS) is 12.2. The van der Waals surface area contributed by atoms with Crippen molar-refractivity contribution in [3.8, 4) is 11.5 Å². The number of nitrogens with one attached hydrogen (secondary N) is 1. The average molecular weight is 324 g/mol. The molecule has 100 valence electrons. The summed E-state index contributed by atoms with van der Waals surface area (Å²) in [6.45, 7) is 2.05. The van der Waals surface area contributed by atoms with Crippen LogP contribution in [0.4, 0.5) is 4.39 Å². The van der Waals surface area contributed by atoms with E-state index in [1.54, 1.807) is 12.1 Å². The fraction of sp³-hybridized carbons (Fsp3) is 0.200. The van der Waals surface area contributed by atoms with Crippen LogP contribution in [0.25, 0.3) is 0 Å². The summed E-state index contributed by atoms with van der Waals surface area (Å²) >= 11 is 3.12. The number of halogens is 2. The second-order valence-electron chi connectivity index (χ2n) is 4.23. The van der Waals surface area contributed by atoms with Crippen molar-refractivity contribution in [3.63, 3.8) is 0 Å². The number of rotatable bonds is 4. The molecule has 0 aliphatic heterocycles. The van der Waals surface area contributed by atoms with E-state index in [0.717, 1.165) is 11.3 Å².